The molecule has 4 heteroatoms. The Morgan fingerprint density at radius 2 is 2.17 bits per heavy atom. The van der Waals surface area contributed by atoms with Crippen molar-refractivity contribution in [1.29, 1.82) is 0 Å². The van der Waals surface area contributed by atoms with Gasteiger partial charge in [0.15, 0.2) is 0 Å². The van der Waals surface area contributed by atoms with Gasteiger partial charge in [0.2, 0.25) is 0 Å². The second kappa shape index (κ2) is 6.34. The number of hydrogen-bond donors (Lipinski definition) is 1. The molecule has 18 heavy (non-hydrogen) atoms. The molecular formula is C14H19BrO3. The second-order valence-electron chi connectivity index (χ2n) is 4.95. The van der Waals surface area contributed by atoms with Crippen molar-refractivity contribution in [1.82, 2.24) is 0 Å². The minimum atomic E-state index is -0.792. The lowest BCUT2D eigenvalue weighted by atomic mass is 9.90. The zero-order valence-corrected chi connectivity index (χ0v) is 12.5. The highest BCUT2D eigenvalue weighted by molar-refractivity contribution is 9.10. The maximum Gasteiger partial charge on any atom is 0.310 e. The molecule has 1 aromatic carbocycles. The number of ether oxygens (including phenoxy) is 1. The zero-order valence-electron chi connectivity index (χ0n) is 10.9. The van der Waals surface area contributed by atoms with E-state index in [0.29, 0.717) is 12.8 Å². The van der Waals surface area contributed by atoms with Gasteiger partial charge in [0, 0.05) is 11.6 Å². The van der Waals surface area contributed by atoms with Crippen LogP contribution in [-0.4, -0.2) is 23.8 Å². The molecule has 0 aliphatic carbocycles. The van der Waals surface area contributed by atoms with Crippen LogP contribution in [0, 0.1) is 0 Å². The molecule has 0 radical (unpaired) electrons. The van der Waals surface area contributed by atoms with Gasteiger partial charge in [0.1, 0.15) is 0 Å². The van der Waals surface area contributed by atoms with Crippen LogP contribution in [-0.2, 0) is 9.53 Å². The van der Waals surface area contributed by atoms with Crippen LogP contribution in [0.4, 0.5) is 0 Å². The Kier molecular flexibility index (Phi) is 5.35. The molecule has 3 nitrogen and oxygen atoms in total. The normalized spacial score (nSPS) is 13.3. The standard InChI is InChI=1S/C14H19BrO3/c1-14(2,18-3)8-7-12(13(16)17)10-5-4-6-11(15)9-10/h4-6,9,12H,7-8H2,1-3H3,(H,16,17). The number of methoxy groups -OCH3 is 1. The van der Waals surface area contributed by atoms with Gasteiger partial charge in [-0.3, -0.25) is 4.79 Å². The average molecular weight is 315 g/mol. The third kappa shape index (κ3) is 4.42. The lowest BCUT2D eigenvalue weighted by Crippen LogP contribution is -2.24. The number of carboxylic acids is 1. The van der Waals surface area contributed by atoms with Gasteiger partial charge in [-0.25, -0.2) is 0 Å². The number of carbonyl (C=O) groups is 1. The number of hydrogen-bond acceptors (Lipinski definition) is 2. The first-order valence-corrected chi connectivity index (χ1v) is 6.68. The fourth-order valence-electron chi connectivity index (χ4n) is 1.75. The predicted molar refractivity (Wildman–Crippen MR) is 74.8 cm³/mol. The summed E-state index contributed by atoms with van der Waals surface area (Å²) in [5, 5.41) is 9.33. The number of rotatable bonds is 6. The Balaban J connectivity index is 2.81. The van der Waals surface area contributed by atoms with E-state index in [9.17, 15) is 9.90 Å². The maximum atomic E-state index is 11.4. The van der Waals surface area contributed by atoms with E-state index < -0.39 is 11.9 Å². The fraction of sp³-hybridized carbons (Fsp3) is 0.500. The molecule has 0 saturated heterocycles. The van der Waals surface area contributed by atoms with Gasteiger partial charge in [-0.15, -0.1) is 0 Å². The van der Waals surface area contributed by atoms with Crippen LogP contribution in [0.25, 0.3) is 0 Å². The summed E-state index contributed by atoms with van der Waals surface area (Å²) in [6.45, 7) is 3.93. The van der Waals surface area contributed by atoms with Crippen LogP contribution in [0.2, 0.25) is 0 Å². The van der Waals surface area contributed by atoms with Crippen molar-refractivity contribution in [3.05, 3.63) is 34.3 Å². The van der Waals surface area contributed by atoms with E-state index in [1.165, 1.54) is 0 Å². The maximum absolute atomic E-state index is 11.4. The zero-order chi connectivity index (χ0) is 13.8. The summed E-state index contributed by atoms with van der Waals surface area (Å²) in [7, 11) is 1.65. The monoisotopic (exact) mass is 314 g/mol. The van der Waals surface area contributed by atoms with Gasteiger partial charge in [0.05, 0.1) is 11.5 Å². The molecule has 0 aromatic heterocycles. The molecule has 0 heterocycles. The van der Waals surface area contributed by atoms with Crippen LogP contribution in [0.15, 0.2) is 28.7 Å². The molecule has 0 aliphatic rings. The predicted octanol–water partition coefficient (Wildman–Crippen LogP) is 3.82. The van der Waals surface area contributed by atoms with Crippen LogP contribution in [0.1, 0.15) is 38.2 Å². The molecule has 0 aliphatic heterocycles. The van der Waals surface area contributed by atoms with E-state index in [-0.39, 0.29) is 5.60 Å². The van der Waals surface area contributed by atoms with Crippen LogP contribution < -0.4 is 0 Å². The van der Waals surface area contributed by atoms with Crippen LogP contribution in [0.5, 0.6) is 0 Å². The molecule has 0 amide bonds. The van der Waals surface area contributed by atoms with Gasteiger partial charge in [-0.05, 0) is 44.4 Å². The molecule has 1 unspecified atom stereocenters. The minimum absolute atomic E-state index is 0.292. The van der Waals surface area contributed by atoms with Gasteiger partial charge in [0.25, 0.3) is 0 Å². The van der Waals surface area contributed by atoms with Crippen molar-refractivity contribution in [3.63, 3.8) is 0 Å². The quantitative estimate of drug-likeness (QED) is 0.868. The summed E-state index contributed by atoms with van der Waals surface area (Å²) in [6.07, 6.45) is 1.26. The van der Waals surface area contributed by atoms with Crippen molar-refractivity contribution in [3.8, 4) is 0 Å². The number of halogens is 1. The van der Waals surface area contributed by atoms with E-state index >= 15 is 0 Å². The van der Waals surface area contributed by atoms with Gasteiger partial charge < -0.3 is 9.84 Å². The molecule has 0 bridgehead atoms. The third-order valence-corrected chi connectivity index (χ3v) is 3.63. The van der Waals surface area contributed by atoms with Crippen molar-refractivity contribution in [2.45, 2.75) is 38.2 Å². The van der Waals surface area contributed by atoms with Crippen molar-refractivity contribution in [2.24, 2.45) is 0 Å². The Morgan fingerprint density at radius 3 is 2.67 bits per heavy atom. The Hall–Kier alpha value is -0.870. The summed E-state index contributed by atoms with van der Waals surface area (Å²) >= 11 is 3.37. The SMILES string of the molecule is COC(C)(C)CCC(C(=O)O)c1cccc(Br)c1. The van der Waals surface area contributed by atoms with Crippen LogP contribution >= 0.6 is 15.9 Å². The molecular weight excluding hydrogens is 296 g/mol. The van der Waals surface area contributed by atoms with Crippen molar-refractivity contribution < 1.29 is 14.6 Å². The summed E-state index contributed by atoms with van der Waals surface area (Å²) < 4.78 is 6.23. The summed E-state index contributed by atoms with van der Waals surface area (Å²) in [6, 6.07) is 7.46. The lowest BCUT2D eigenvalue weighted by Gasteiger charge is -2.24. The molecule has 0 spiro atoms. The first-order valence-electron chi connectivity index (χ1n) is 5.89. The first-order chi connectivity index (χ1) is 8.35. The number of carboxylic acid groups (broad SMARTS) is 1. The Labute approximate surface area is 116 Å². The molecule has 1 rings (SSSR count). The highest BCUT2D eigenvalue weighted by atomic mass is 79.9. The molecule has 1 N–H and O–H groups in total. The molecule has 1 aromatic rings. The lowest BCUT2D eigenvalue weighted by molar-refractivity contribution is -0.139. The number of benzene rings is 1. The summed E-state index contributed by atoms with van der Waals surface area (Å²) in [4.78, 5) is 11.4. The molecule has 0 saturated carbocycles. The van der Waals surface area contributed by atoms with E-state index in [0.717, 1.165) is 10.0 Å². The molecule has 1 atom stereocenters. The average Bonchev–Trinajstić information content (AvgIpc) is 2.29. The van der Waals surface area contributed by atoms with Crippen LogP contribution in [0.3, 0.4) is 0 Å². The number of aliphatic carboxylic acids is 1. The summed E-state index contributed by atoms with van der Waals surface area (Å²) in [5.74, 6) is -1.28. The third-order valence-electron chi connectivity index (χ3n) is 3.14. The van der Waals surface area contributed by atoms with E-state index in [1.807, 2.05) is 38.1 Å². The Morgan fingerprint density at radius 1 is 1.50 bits per heavy atom. The first kappa shape index (κ1) is 15.2. The fourth-order valence-corrected chi connectivity index (χ4v) is 2.17. The van der Waals surface area contributed by atoms with Crippen molar-refractivity contribution >= 4 is 21.9 Å². The highest BCUT2D eigenvalue weighted by Gasteiger charge is 2.24. The van der Waals surface area contributed by atoms with E-state index in [2.05, 4.69) is 15.9 Å². The largest absolute Gasteiger partial charge is 0.481 e. The van der Waals surface area contributed by atoms with E-state index in [1.54, 1.807) is 7.11 Å². The van der Waals surface area contributed by atoms with Gasteiger partial charge >= 0.3 is 5.97 Å². The molecule has 100 valence electrons. The van der Waals surface area contributed by atoms with Gasteiger partial charge in [-0.1, -0.05) is 28.1 Å². The smallest absolute Gasteiger partial charge is 0.310 e. The van der Waals surface area contributed by atoms with Crippen molar-refractivity contribution in [2.75, 3.05) is 7.11 Å². The summed E-state index contributed by atoms with van der Waals surface area (Å²) in [5.41, 5.74) is 0.531. The minimum Gasteiger partial charge on any atom is -0.481 e. The second-order valence-corrected chi connectivity index (χ2v) is 5.86. The van der Waals surface area contributed by atoms with Gasteiger partial charge in [-0.2, -0.15) is 0 Å². The molecule has 0 fully saturated rings. The topological polar surface area (TPSA) is 46.5 Å². The van der Waals surface area contributed by atoms with E-state index in [4.69, 9.17) is 4.74 Å². The highest BCUT2D eigenvalue weighted by Crippen LogP contribution is 2.28. The Bertz CT molecular complexity index is 415.